The van der Waals surface area contributed by atoms with E-state index >= 15 is 0 Å². The molecule has 1 saturated heterocycles. The van der Waals surface area contributed by atoms with Crippen LogP contribution in [0.1, 0.15) is 15.9 Å². The second-order valence-electron chi connectivity index (χ2n) is 4.93. The first-order valence-electron chi connectivity index (χ1n) is 6.86. The predicted molar refractivity (Wildman–Crippen MR) is 97.2 cm³/mol. The van der Waals surface area contributed by atoms with Gasteiger partial charge in [0, 0.05) is 0 Å². The maximum atomic E-state index is 12.7. The van der Waals surface area contributed by atoms with Crippen molar-refractivity contribution in [2.24, 2.45) is 0 Å². The third-order valence-electron chi connectivity index (χ3n) is 3.36. The van der Waals surface area contributed by atoms with Gasteiger partial charge in [-0.15, -0.1) is 0 Å². The molecule has 24 heavy (non-hydrogen) atoms. The molecule has 5 nitrogen and oxygen atoms in total. The van der Waals surface area contributed by atoms with E-state index in [1.807, 2.05) is 0 Å². The van der Waals surface area contributed by atoms with E-state index in [9.17, 15) is 19.8 Å². The van der Waals surface area contributed by atoms with Crippen LogP contribution < -0.4 is 4.90 Å². The summed E-state index contributed by atoms with van der Waals surface area (Å²) in [7, 11) is 0. The minimum Gasteiger partial charge on any atom is -0.508 e. The van der Waals surface area contributed by atoms with Crippen LogP contribution in [0.4, 0.5) is 5.69 Å². The van der Waals surface area contributed by atoms with E-state index in [4.69, 9.17) is 12.2 Å². The molecule has 0 aromatic heterocycles. The normalized spacial score (nSPS) is 16.0. The third kappa shape index (κ3) is 3.04. The summed E-state index contributed by atoms with van der Waals surface area (Å²) in [5.74, 6) is -1.36. The number of rotatable bonds is 3. The largest absolute Gasteiger partial charge is 0.508 e. The van der Waals surface area contributed by atoms with Crippen molar-refractivity contribution in [1.29, 1.82) is 0 Å². The van der Waals surface area contributed by atoms with Crippen LogP contribution >= 0.6 is 24.0 Å². The Hall–Kier alpha value is -2.64. The average molecular weight is 357 g/mol. The first kappa shape index (κ1) is 16.2. The van der Waals surface area contributed by atoms with Crippen LogP contribution in [0.5, 0.6) is 5.75 Å². The molecular formula is C17H11NO4S2. The van der Waals surface area contributed by atoms with Gasteiger partial charge in [-0.25, -0.2) is 4.79 Å². The van der Waals surface area contributed by atoms with Gasteiger partial charge < -0.3 is 10.2 Å². The lowest BCUT2D eigenvalue weighted by molar-refractivity contribution is -0.113. The van der Waals surface area contributed by atoms with Crippen LogP contribution in [0.25, 0.3) is 6.08 Å². The monoisotopic (exact) mass is 357 g/mol. The van der Waals surface area contributed by atoms with E-state index in [0.717, 1.165) is 17.3 Å². The molecule has 7 heteroatoms. The number of thioether (sulfide) groups is 1. The standard InChI is InChI=1S/C17H11NO4S2/c19-11-7-5-10(6-8-11)9-14-15(20)18(17(23)24-14)13-4-2-1-3-12(13)16(21)22/h1-9,19H,(H,21,22)/b14-9-. The number of anilines is 1. The van der Waals surface area contributed by atoms with E-state index in [-0.39, 0.29) is 27.2 Å². The fourth-order valence-corrected chi connectivity index (χ4v) is 3.53. The van der Waals surface area contributed by atoms with Gasteiger partial charge in [-0.2, -0.15) is 0 Å². The molecule has 2 N–H and O–H groups in total. The van der Waals surface area contributed by atoms with E-state index in [1.54, 1.807) is 36.4 Å². The quantitative estimate of drug-likeness (QED) is 0.647. The number of para-hydroxylation sites is 1. The van der Waals surface area contributed by atoms with Gasteiger partial charge in [0.15, 0.2) is 4.32 Å². The second kappa shape index (κ2) is 6.46. The zero-order valence-corrected chi connectivity index (χ0v) is 13.8. The number of carboxylic acid groups (broad SMARTS) is 1. The van der Waals surface area contributed by atoms with Gasteiger partial charge in [0.1, 0.15) is 5.75 Å². The average Bonchev–Trinajstić information content (AvgIpc) is 2.83. The van der Waals surface area contributed by atoms with Crippen molar-refractivity contribution in [3.8, 4) is 5.75 Å². The number of benzene rings is 2. The Morgan fingerprint density at radius 2 is 1.79 bits per heavy atom. The smallest absolute Gasteiger partial charge is 0.337 e. The number of hydrogen-bond acceptors (Lipinski definition) is 5. The summed E-state index contributed by atoms with van der Waals surface area (Å²) in [5, 5.41) is 18.6. The highest BCUT2D eigenvalue weighted by molar-refractivity contribution is 8.27. The summed E-state index contributed by atoms with van der Waals surface area (Å²) in [6.07, 6.45) is 1.65. The maximum Gasteiger partial charge on any atom is 0.337 e. The molecule has 1 aliphatic rings. The van der Waals surface area contributed by atoms with Gasteiger partial charge in [0.2, 0.25) is 0 Å². The predicted octanol–water partition coefficient (Wildman–Crippen LogP) is 3.50. The number of aromatic hydroxyl groups is 1. The number of phenolic OH excluding ortho intramolecular Hbond substituents is 1. The number of amides is 1. The van der Waals surface area contributed by atoms with Crippen molar-refractivity contribution in [2.45, 2.75) is 0 Å². The zero-order chi connectivity index (χ0) is 17.3. The molecule has 0 unspecified atom stereocenters. The minimum absolute atomic E-state index is 0.0136. The van der Waals surface area contributed by atoms with Crippen molar-refractivity contribution in [2.75, 3.05) is 4.90 Å². The molecule has 1 aliphatic heterocycles. The van der Waals surface area contributed by atoms with Gasteiger partial charge in [0.25, 0.3) is 5.91 Å². The van der Waals surface area contributed by atoms with Crippen LogP contribution in [-0.4, -0.2) is 26.4 Å². The Labute approximate surface area is 147 Å². The second-order valence-corrected chi connectivity index (χ2v) is 6.61. The molecule has 0 atom stereocenters. The van der Waals surface area contributed by atoms with Crippen LogP contribution in [0, 0.1) is 0 Å². The summed E-state index contributed by atoms with van der Waals surface area (Å²) in [6, 6.07) is 12.6. The Bertz CT molecular complexity index is 874. The molecule has 1 fully saturated rings. The van der Waals surface area contributed by atoms with Gasteiger partial charge in [0.05, 0.1) is 16.2 Å². The Morgan fingerprint density at radius 3 is 2.46 bits per heavy atom. The molecule has 0 bridgehead atoms. The topological polar surface area (TPSA) is 77.8 Å². The van der Waals surface area contributed by atoms with Crippen LogP contribution in [0.3, 0.4) is 0 Å². The molecule has 0 spiro atoms. The van der Waals surface area contributed by atoms with Gasteiger partial charge in [-0.1, -0.05) is 48.2 Å². The van der Waals surface area contributed by atoms with E-state index < -0.39 is 5.97 Å². The highest BCUT2D eigenvalue weighted by Gasteiger charge is 2.35. The van der Waals surface area contributed by atoms with Crippen molar-refractivity contribution < 1.29 is 19.8 Å². The van der Waals surface area contributed by atoms with Gasteiger partial charge in [-0.3, -0.25) is 9.69 Å². The molecule has 2 aromatic rings. The number of hydrogen-bond donors (Lipinski definition) is 2. The fourth-order valence-electron chi connectivity index (χ4n) is 2.25. The fraction of sp³-hybridized carbons (Fsp3) is 0. The molecule has 0 aliphatic carbocycles. The Balaban J connectivity index is 1.98. The number of phenols is 1. The summed E-state index contributed by atoms with van der Waals surface area (Å²) in [6.45, 7) is 0. The van der Waals surface area contributed by atoms with Gasteiger partial charge in [-0.05, 0) is 35.9 Å². The number of thiocarbonyl (C=S) groups is 1. The van der Waals surface area contributed by atoms with Crippen molar-refractivity contribution in [3.63, 3.8) is 0 Å². The van der Waals surface area contributed by atoms with Crippen molar-refractivity contribution in [1.82, 2.24) is 0 Å². The number of carboxylic acids is 1. The third-order valence-corrected chi connectivity index (χ3v) is 4.66. The van der Waals surface area contributed by atoms with E-state index in [2.05, 4.69) is 0 Å². The number of nitrogens with zero attached hydrogens (tertiary/aromatic N) is 1. The van der Waals surface area contributed by atoms with Crippen LogP contribution in [0.15, 0.2) is 53.4 Å². The molecule has 1 amide bonds. The molecule has 120 valence electrons. The number of carbonyl (C=O) groups excluding carboxylic acids is 1. The summed E-state index contributed by atoms with van der Waals surface area (Å²) in [5.41, 5.74) is 1.00. The first-order chi connectivity index (χ1) is 11.5. The minimum atomic E-state index is -1.12. The van der Waals surface area contributed by atoms with Gasteiger partial charge >= 0.3 is 5.97 Å². The van der Waals surface area contributed by atoms with Crippen molar-refractivity contribution in [3.05, 3.63) is 64.6 Å². The van der Waals surface area contributed by atoms with E-state index in [1.165, 1.54) is 23.1 Å². The molecular weight excluding hydrogens is 346 g/mol. The number of carbonyl (C=O) groups is 2. The Morgan fingerprint density at radius 1 is 1.12 bits per heavy atom. The highest BCUT2D eigenvalue weighted by Crippen LogP contribution is 2.37. The molecule has 1 heterocycles. The molecule has 2 aromatic carbocycles. The Kier molecular flexibility index (Phi) is 4.37. The lowest BCUT2D eigenvalue weighted by Gasteiger charge is -2.16. The van der Waals surface area contributed by atoms with Crippen LogP contribution in [0.2, 0.25) is 0 Å². The summed E-state index contributed by atoms with van der Waals surface area (Å²) >= 11 is 6.36. The van der Waals surface area contributed by atoms with E-state index in [0.29, 0.717) is 4.91 Å². The summed E-state index contributed by atoms with van der Waals surface area (Å²) in [4.78, 5) is 25.7. The SMILES string of the molecule is O=C(O)c1ccccc1N1C(=O)/C(=C/c2ccc(O)cc2)SC1=S. The first-order valence-corrected chi connectivity index (χ1v) is 8.09. The lowest BCUT2D eigenvalue weighted by Crippen LogP contribution is -2.29. The number of aromatic carboxylic acids is 1. The molecule has 3 rings (SSSR count). The molecule has 0 saturated carbocycles. The van der Waals surface area contributed by atoms with Crippen molar-refractivity contribution >= 4 is 51.9 Å². The summed E-state index contributed by atoms with van der Waals surface area (Å²) < 4.78 is 0.277. The highest BCUT2D eigenvalue weighted by atomic mass is 32.2. The maximum absolute atomic E-state index is 12.7. The molecule has 0 radical (unpaired) electrons. The van der Waals surface area contributed by atoms with Crippen LogP contribution in [-0.2, 0) is 4.79 Å². The lowest BCUT2D eigenvalue weighted by atomic mass is 10.1. The zero-order valence-electron chi connectivity index (χ0n) is 12.2.